The van der Waals surface area contributed by atoms with Gasteiger partial charge in [-0.2, -0.15) is 0 Å². The molecule has 0 aromatic heterocycles. The second-order valence-electron chi connectivity index (χ2n) is 5.17. The number of hydrogen-bond donors (Lipinski definition) is 1. The summed E-state index contributed by atoms with van der Waals surface area (Å²) in [6.45, 7) is 0.499. The van der Waals surface area contributed by atoms with E-state index in [9.17, 15) is 18.5 Å². The number of sulfonamides is 1. The zero-order chi connectivity index (χ0) is 17.9. The van der Waals surface area contributed by atoms with Gasteiger partial charge < -0.3 is 5.32 Å². The van der Waals surface area contributed by atoms with Gasteiger partial charge in [-0.1, -0.05) is 12.1 Å². The fourth-order valence-electron chi connectivity index (χ4n) is 1.97. The van der Waals surface area contributed by atoms with Gasteiger partial charge in [-0.15, -0.1) is 0 Å². The van der Waals surface area contributed by atoms with Gasteiger partial charge in [-0.25, -0.2) is 8.42 Å². The van der Waals surface area contributed by atoms with E-state index >= 15 is 0 Å². The van der Waals surface area contributed by atoms with Gasteiger partial charge >= 0.3 is 0 Å². The minimum Gasteiger partial charge on any atom is -0.380 e. The predicted molar refractivity (Wildman–Crippen MR) is 97.8 cm³/mol. The molecule has 0 bridgehead atoms. The van der Waals surface area contributed by atoms with E-state index in [0.29, 0.717) is 16.7 Å². The molecule has 0 amide bonds. The van der Waals surface area contributed by atoms with E-state index in [4.69, 9.17) is 0 Å². The number of anilines is 2. The zero-order valence-electron chi connectivity index (χ0n) is 13.1. The first-order valence-corrected chi connectivity index (χ1v) is 9.53. The van der Waals surface area contributed by atoms with Gasteiger partial charge in [0.25, 0.3) is 5.69 Å². The Kier molecular flexibility index (Phi) is 5.45. The Morgan fingerprint density at radius 3 is 2.33 bits per heavy atom. The first-order chi connectivity index (χ1) is 11.2. The van der Waals surface area contributed by atoms with Gasteiger partial charge in [-0.3, -0.25) is 14.4 Å². The van der Waals surface area contributed by atoms with Crippen molar-refractivity contribution in [3.63, 3.8) is 0 Å². The molecule has 128 valence electrons. The molecule has 0 atom stereocenters. The number of nitro groups is 1. The second-order valence-corrected chi connectivity index (χ2v) is 8.04. The van der Waals surface area contributed by atoms with Crippen LogP contribution in [0.25, 0.3) is 0 Å². The largest absolute Gasteiger partial charge is 0.380 e. The molecule has 0 saturated heterocycles. The Balaban J connectivity index is 2.06. The predicted octanol–water partition coefficient (Wildman–Crippen LogP) is 3.37. The van der Waals surface area contributed by atoms with Crippen molar-refractivity contribution in [3.05, 3.63) is 62.6 Å². The van der Waals surface area contributed by atoms with Crippen LogP contribution in [-0.4, -0.2) is 26.6 Å². The lowest BCUT2D eigenvalue weighted by molar-refractivity contribution is -0.384. The molecule has 24 heavy (non-hydrogen) atoms. The molecular weight excluding hydrogens is 398 g/mol. The van der Waals surface area contributed by atoms with Gasteiger partial charge in [0, 0.05) is 35.9 Å². The Morgan fingerprint density at radius 1 is 1.21 bits per heavy atom. The smallest absolute Gasteiger partial charge is 0.270 e. The normalized spacial score (nSPS) is 11.1. The molecule has 9 heteroatoms. The van der Waals surface area contributed by atoms with E-state index in [1.165, 1.54) is 23.5 Å². The molecule has 2 aromatic rings. The highest BCUT2D eigenvalue weighted by Gasteiger charge is 2.12. The summed E-state index contributed by atoms with van der Waals surface area (Å²) in [7, 11) is -1.79. The van der Waals surface area contributed by atoms with E-state index in [0.717, 1.165) is 17.5 Å². The molecule has 0 radical (unpaired) electrons. The number of nitro benzene ring substituents is 1. The standard InChI is InChI=1S/C15H16BrN3O4S/c1-18(24(2,22)23)12-5-3-11(4-6-12)10-17-15-8-7-13(19(20)21)9-14(15)16/h3-9,17H,10H2,1-2H3. The summed E-state index contributed by atoms with van der Waals surface area (Å²) in [5.74, 6) is 0. The maximum Gasteiger partial charge on any atom is 0.270 e. The van der Waals surface area contributed by atoms with Crippen molar-refractivity contribution in [2.24, 2.45) is 0 Å². The highest BCUT2D eigenvalue weighted by atomic mass is 79.9. The molecule has 7 nitrogen and oxygen atoms in total. The van der Waals surface area contributed by atoms with E-state index in [-0.39, 0.29) is 5.69 Å². The maximum absolute atomic E-state index is 11.5. The number of rotatable bonds is 6. The van der Waals surface area contributed by atoms with Crippen LogP contribution >= 0.6 is 15.9 Å². The van der Waals surface area contributed by atoms with Gasteiger partial charge in [-0.05, 0) is 39.7 Å². The fraction of sp³-hybridized carbons (Fsp3) is 0.200. The van der Waals surface area contributed by atoms with Crippen molar-refractivity contribution in [3.8, 4) is 0 Å². The van der Waals surface area contributed by atoms with E-state index < -0.39 is 14.9 Å². The quantitative estimate of drug-likeness (QED) is 0.578. The van der Waals surface area contributed by atoms with Crippen molar-refractivity contribution in [2.75, 3.05) is 22.9 Å². The summed E-state index contributed by atoms with van der Waals surface area (Å²) in [6, 6.07) is 11.6. The summed E-state index contributed by atoms with van der Waals surface area (Å²) in [5, 5.41) is 13.9. The van der Waals surface area contributed by atoms with Crippen molar-refractivity contribution < 1.29 is 13.3 Å². The summed E-state index contributed by atoms with van der Waals surface area (Å²) in [5.41, 5.74) is 2.28. The Morgan fingerprint density at radius 2 is 1.83 bits per heavy atom. The van der Waals surface area contributed by atoms with E-state index in [1.807, 2.05) is 12.1 Å². The van der Waals surface area contributed by atoms with E-state index in [1.54, 1.807) is 18.2 Å². The molecule has 0 aliphatic heterocycles. The molecule has 2 rings (SSSR count). The van der Waals surface area contributed by atoms with Crippen LogP contribution < -0.4 is 9.62 Å². The van der Waals surface area contributed by atoms with Crippen LogP contribution in [0.5, 0.6) is 0 Å². The third-order valence-corrected chi connectivity index (χ3v) is 5.31. The monoisotopic (exact) mass is 413 g/mol. The number of hydrogen-bond acceptors (Lipinski definition) is 5. The minimum atomic E-state index is -3.28. The van der Waals surface area contributed by atoms with Gasteiger partial charge in [0.15, 0.2) is 0 Å². The number of nitrogens with zero attached hydrogens (tertiary/aromatic N) is 2. The second kappa shape index (κ2) is 7.18. The van der Waals surface area contributed by atoms with Crippen LogP contribution in [0.2, 0.25) is 0 Å². The van der Waals surface area contributed by atoms with Crippen LogP contribution in [0, 0.1) is 10.1 Å². The minimum absolute atomic E-state index is 0.0144. The van der Waals surface area contributed by atoms with E-state index in [2.05, 4.69) is 21.2 Å². The molecular formula is C15H16BrN3O4S. The topological polar surface area (TPSA) is 92.5 Å². The number of halogens is 1. The highest BCUT2D eigenvalue weighted by Crippen LogP contribution is 2.27. The van der Waals surface area contributed by atoms with Crippen molar-refractivity contribution in [1.82, 2.24) is 0 Å². The molecule has 0 aliphatic rings. The van der Waals surface area contributed by atoms with Crippen LogP contribution in [0.3, 0.4) is 0 Å². The number of non-ortho nitro benzene ring substituents is 1. The van der Waals surface area contributed by atoms with Crippen LogP contribution in [0.4, 0.5) is 17.1 Å². The lowest BCUT2D eigenvalue weighted by Crippen LogP contribution is -2.24. The SMILES string of the molecule is CN(c1ccc(CNc2ccc([N+](=O)[O-])cc2Br)cc1)S(C)(=O)=O. The average molecular weight is 414 g/mol. The zero-order valence-corrected chi connectivity index (χ0v) is 15.5. The molecule has 0 fully saturated rings. The first kappa shape index (κ1) is 18.2. The molecule has 0 unspecified atom stereocenters. The van der Waals surface area contributed by atoms with Gasteiger partial charge in [0.2, 0.25) is 10.0 Å². The van der Waals surface area contributed by atoms with Crippen LogP contribution in [0.1, 0.15) is 5.56 Å². The summed E-state index contributed by atoms with van der Waals surface area (Å²) in [4.78, 5) is 10.3. The van der Waals surface area contributed by atoms with Crippen molar-refractivity contribution in [1.29, 1.82) is 0 Å². The summed E-state index contributed by atoms with van der Waals surface area (Å²) < 4.78 is 24.8. The molecule has 2 aromatic carbocycles. The third kappa shape index (κ3) is 4.45. The molecule has 0 saturated carbocycles. The number of nitrogens with one attached hydrogen (secondary N) is 1. The van der Waals surface area contributed by atoms with Crippen LogP contribution in [-0.2, 0) is 16.6 Å². The lowest BCUT2D eigenvalue weighted by Gasteiger charge is -2.17. The van der Waals surface area contributed by atoms with Gasteiger partial charge in [0.05, 0.1) is 16.9 Å². The number of benzene rings is 2. The molecule has 0 spiro atoms. The first-order valence-electron chi connectivity index (χ1n) is 6.89. The van der Waals surface area contributed by atoms with Gasteiger partial charge in [0.1, 0.15) is 0 Å². The molecule has 0 aliphatic carbocycles. The van der Waals surface area contributed by atoms with Crippen LogP contribution in [0.15, 0.2) is 46.9 Å². The Bertz CT molecular complexity index is 854. The van der Waals surface area contributed by atoms with Crippen molar-refractivity contribution >= 4 is 43.0 Å². The van der Waals surface area contributed by atoms with Crippen molar-refractivity contribution in [2.45, 2.75) is 6.54 Å². The molecule has 1 N–H and O–H groups in total. The summed E-state index contributed by atoms with van der Waals surface area (Å²) in [6.07, 6.45) is 1.15. The fourth-order valence-corrected chi connectivity index (χ4v) is 2.99. The highest BCUT2D eigenvalue weighted by molar-refractivity contribution is 9.10. The average Bonchev–Trinajstić information content (AvgIpc) is 2.52. The Labute approximate surface area is 148 Å². The maximum atomic E-state index is 11.5. The molecule has 0 heterocycles. The Hall–Kier alpha value is -2.13. The third-order valence-electron chi connectivity index (χ3n) is 3.44. The lowest BCUT2D eigenvalue weighted by atomic mass is 10.2. The summed E-state index contributed by atoms with van der Waals surface area (Å²) >= 11 is 3.30.